The Kier molecular flexibility index (Phi) is 7.11. The minimum atomic E-state index is -3.84. The second-order valence-corrected chi connectivity index (χ2v) is 9.43. The van der Waals surface area contributed by atoms with Crippen LogP contribution in [0.1, 0.15) is 37.7 Å². The highest BCUT2D eigenvalue weighted by atomic mass is 35.5. The first-order valence-electron chi connectivity index (χ1n) is 10.3. The van der Waals surface area contributed by atoms with Gasteiger partial charge in [0.2, 0.25) is 0 Å². The molecule has 1 aliphatic rings. The number of benzene rings is 2. The standard InChI is InChI=1S/C23H28N2O3S.ClH/c1-3-13-25-17-22(18-11-14-24(2)15-12-18)21-16-19(9-10-23(21)25)28-29(26,27)20-7-5-4-6-8-20;/h4-10,16-18H,3,11-15H2,1-2H3;1H. The van der Waals surface area contributed by atoms with Crippen LogP contribution < -0.4 is 4.18 Å². The third-order valence-electron chi connectivity index (χ3n) is 5.74. The summed E-state index contributed by atoms with van der Waals surface area (Å²) < 4.78 is 33.0. The molecule has 1 aliphatic heterocycles. The van der Waals surface area contributed by atoms with Gasteiger partial charge in [-0.05, 0) is 81.2 Å². The number of hydrogen-bond donors (Lipinski definition) is 0. The van der Waals surface area contributed by atoms with Crippen molar-refractivity contribution in [3.8, 4) is 5.75 Å². The summed E-state index contributed by atoms with van der Waals surface area (Å²) in [5, 5.41) is 1.11. The Morgan fingerprint density at radius 3 is 2.43 bits per heavy atom. The minimum absolute atomic E-state index is 0. The van der Waals surface area contributed by atoms with Crippen molar-refractivity contribution in [1.29, 1.82) is 0 Å². The highest BCUT2D eigenvalue weighted by Gasteiger charge is 2.23. The van der Waals surface area contributed by atoms with Crippen LogP contribution in [0.5, 0.6) is 5.75 Å². The molecule has 4 rings (SSSR count). The second kappa shape index (κ2) is 9.41. The Bertz CT molecular complexity index is 1090. The van der Waals surface area contributed by atoms with E-state index in [1.54, 1.807) is 36.4 Å². The first kappa shape index (κ1) is 22.7. The lowest BCUT2D eigenvalue weighted by Crippen LogP contribution is -2.29. The molecular formula is C23H29ClN2O3S. The van der Waals surface area contributed by atoms with Gasteiger partial charge in [0, 0.05) is 23.6 Å². The van der Waals surface area contributed by atoms with Crippen molar-refractivity contribution in [3.05, 3.63) is 60.3 Å². The summed E-state index contributed by atoms with van der Waals surface area (Å²) in [5.74, 6) is 0.859. The van der Waals surface area contributed by atoms with E-state index in [4.69, 9.17) is 4.18 Å². The van der Waals surface area contributed by atoms with Gasteiger partial charge in [0.25, 0.3) is 0 Å². The molecule has 30 heavy (non-hydrogen) atoms. The monoisotopic (exact) mass is 448 g/mol. The molecule has 0 N–H and O–H groups in total. The van der Waals surface area contributed by atoms with Crippen molar-refractivity contribution in [2.45, 2.75) is 43.5 Å². The van der Waals surface area contributed by atoms with Crippen LogP contribution in [0.2, 0.25) is 0 Å². The number of aromatic nitrogens is 1. The van der Waals surface area contributed by atoms with E-state index in [1.807, 2.05) is 12.1 Å². The Morgan fingerprint density at radius 1 is 1.07 bits per heavy atom. The van der Waals surface area contributed by atoms with Gasteiger partial charge < -0.3 is 13.7 Å². The Hall–Kier alpha value is -2.02. The molecule has 0 amide bonds. The fourth-order valence-electron chi connectivity index (χ4n) is 4.19. The molecule has 5 nitrogen and oxygen atoms in total. The van der Waals surface area contributed by atoms with Crippen LogP contribution in [0.25, 0.3) is 10.9 Å². The largest absolute Gasteiger partial charge is 0.379 e. The highest BCUT2D eigenvalue weighted by molar-refractivity contribution is 7.87. The van der Waals surface area contributed by atoms with Crippen molar-refractivity contribution in [3.63, 3.8) is 0 Å². The molecule has 1 saturated heterocycles. The van der Waals surface area contributed by atoms with Crippen molar-refractivity contribution in [2.75, 3.05) is 20.1 Å². The Balaban J connectivity index is 0.00000256. The quantitative estimate of drug-likeness (QED) is 0.495. The fourth-order valence-corrected chi connectivity index (χ4v) is 5.13. The van der Waals surface area contributed by atoms with Crippen molar-refractivity contribution in [2.24, 2.45) is 0 Å². The lowest BCUT2D eigenvalue weighted by molar-refractivity contribution is 0.256. The van der Waals surface area contributed by atoms with Gasteiger partial charge in [0.05, 0.1) is 0 Å². The van der Waals surface area contributed by atoms with Gasteiger partial charge in [0.15, 0.2) is 0 Å². The second-order valence-electron chi connectivity index (χ2n) is 7.88. The summed E-state index contributed by atoms with van der Waals surface area (Å²) >= 11 is 0. The van der Waals surface area contributed by atoms with Gasteiger partial charge in [-0.1, -0.05) is 25.1 Å². The zero-order valence-electron chi connectivity index (χ0n) is 17.5. The van der Waals surface area contributed by atoms with E-state index in [0.29, 0.717) is 11.7 Å². The normalized spacial score (nSPS) is 15.8. The molecule has 0 aliphatic carbocycles. The molecule has 1 aromatic heterocycles. The Morgan fingerprint density at radius 2 is 1.77 bits per heavy atom. The van der Waals surface area contributed by atoms with E-state index in [9.17, 15) is 8.42 Å². The molecule has 0 radical (unpaired) electrons. The van der Waals surface area contributed by atoms with E-state index in [1.165, 1.54) is 5.56 Å². The van der Waals surface area contributed by atoms with Crippen molar-refractivity contribution < 1.29 is 12.6 Å². The molecule has 1 fully saturated rings. The van der Waals surface area contributed by atoms with Crippen LogP contribution in [0.3, 0.4) is 0 Å². The molecular weight excluding hydrogens is 420 g/mol. The third kappa shape index (κ3) is 4.66. The highest BCUT2D eigenvalue weighted by Crippen LogP contribution is 2.36. The van der Waals surface area contributed by atoms with E-state index < -0.39 is 10.1 Å². The average molecular weight is 449 g/mol. The number of rotatable bonds is 6. The molecule has 2 heterocycles. The predicted molar refractivity (Wildman–Crippen MR) is 123 cm³/mol. The molecule has 162 valence electrons. The van der Waals surface area contributed by atoms with Crippen LogP contribution >= 0.6 is 12.4 Å². The summed E-state index contributed by atoms with van der Waals surface area (Å²) in [6.07, 6.45) is 5.56. The van der Waals surface area contributed by atoms with E-state index in [2.05, 4.69) is 29.6 Å². The van der Waals surface area contributed by atoms with Crippen LogP contribution in [0.4, 0.5) is 0 Å². The molecule has 0 unspecified atom stereocenters. The molecule has 7 heteroatoms. The summed E-state index contributed by atoms with van der Waals surface area (Å²) in [6, 6.07) is 13.9. The molecule has 0 spiro atoms. The molecule has 0 saturated carbocycles. The van der Waals surface area contributed by atoms with Crippen molar-refractivity contribution >= 4 is 33.4 Å². The Labute approximate surface area is 185 Å². The number of piperidine rings is 1. The lowest BCUT2D eigenvalue weighted by atomic mass is 9.89. The smallest absolute Gasteiger partial charge is 0.339 e. The van der Waals surface area contributed by atoms with E-state index >= 15 is 0 Å². The van der Waals surface area contributed by atoms with Gasteiger partial charge >= 0.3 is 10.1 Å². The van der Waals surface area contributed by atoms with Crippen LogP contribution in [-0.2, 0) is 16.7 Å². The molecule has 0 atom stereocenters. The number of hydrogen-bond acceptors (Lipinski definition) is 4. The zero-order chi connectivity index (χ0) is 20.4. The topological polar surface area (TPSA) is 51.5 Å². The van der Waals surface area contributed by atoms with Gasteiger partial charge in [-0.15, -0.1) is 12.4 Å². The molecule has 2 aromatic carbocycles. The maximum Gasteiger partial charge on any atom is 0.339 e. The number of halogens is 1. The first-order chi connectivity index (χ1) is 14.0. The number of aryl methyl sites for hydroxylation is 1. The summed E-state index contributed by atoms with van der Waals surface area (Å²) in [6.45, 7) is 5.30. The van der Waals surface area contributed by atoms with Gasteiger partial charge in [-0.3, -0.25) is 0 Å². The van der Waals surface area contributed by atoms with Gasteiger partial charge in [0.1, 0.15) is 10.6 Å². The first-order valence-corrected chi connectivity index (χ1v) is 11.7. The predicted octanol–water partition coefficient (Wildman–Crippen LogP) is 5.05. The summed E-state index contributed by atoms with van der Waals surface area (Å²) in [7, 11) is -1.68. The number of likely N-dealkylation sites (tertiary alicyclic amines) is 1. The zero-order valence-corrected chi connectivity index (χ0v) is 19.1. The van der Waals surface area contributed by atoms with E-state index in [0.717, 1.165) is 49.8 Å². The number of nitrogens with zero attached hydrogens (tertiary/aromatic N) is 2. The van der Waals surface area contributed by atoms with Crippen LogP contribution in [0, 0.1) is 0 Å². The molecule has 0 bridgehead atoms. The number of fused-ring (bicyclic) bond motifs is 1. The third-order valence-corrected chi connectivity index (χ3v) is 7.01. The summed E-state index contributed by atoms with van der Waals surface area (Å²) in [4.78, 5) is 2.53. The average Bonchev–Trinajstić information content (AvgIpc) is 3.07. The minimum Gasteiger partial charge on any atom is -0.379 e. The lowest BCUT2D eigenvalue weighted by Gasteiger charge is -2.28. The van der Waals surface area contributed by atoms with Gasteiger partial charge in [-0.2, -0.15) is 8.42 Å². The van der Waals surface area contributed by atoms with E-state index in [-0.39, 0.29) is 17.3 Å². The summed E-state index contributed by atoms with van der Waals surface area (Å²) in [5.41, 5.74) is 2.45. The maximum absolute atomic E-state index is 12.6. The molecule has 3 aromatic rings. The van der Waals surface area contributed by atoms with Gasteiger partial charge in [-0.25, -0.2) is 0 Å². The van der Waals surface area contributed by atoms with Crippen LogP contribution in [-0.4, -0.2) is 38.0 Å². The maximum atomic E-state index is 12.6. The van der Waals surface area contributed by atoms with Crippen LogP contribution in [0.15, 0.2) is 59.6 Å². The van der Waals surface area contributed by atoms with Crippen molar-refractivity contribution in [1.82, 2.24) is 9.47 Å². The SMILES string of the molecule is CCCn1cc(C2CCN(C)CC2)c2cc(OS(=O)(=O)c3ccccc3)ccc21.Cl. The fraction of sp³-hybridized carbons (Fsp3) is 0.391.